The Labute approximate surface area is 115 Å². The van der Waals surface area contributed by atoms with Gasteiger partial charge in [0.05, 0.1) is 17.2 Å². The summed E-state index contributed by atoms with van der Waals surface area (Å²) in [5.74, 6) is -0.775. The van der Waals surface area contributed by atoms with E-state index in [1.54, 1.807) is 11.3 Å². The second-order valence-corrected chi connectivity index (χ2v) is 5.73. The summed E-state index contributed by atoms with van der Waals surface area (Å²) in [5.41, 5.74) is 3.05. The zero-order chi connectivity index (χ0) is 13.4. The van der Waals surface area contributed by atoms with Gasteiger partial charge in [0, 0.05) is 17.5 Å². The number of aryl methyl sites for hydroxylation is 1. The highest BCUT2D eigenvalue weighted by molar-refractivity contribution is 7.09. The average Bonchev–Trinajstić information content (AvgIpc) is 2.95. The summed E-state index contributed by atoms with van der Waals surface area (Å²) in [4.78, 5) is 17.8. The average molecular weight is 274 g/mol. The SMILES string of the molecule is Cc1nc(CN2c3ccccc3CC2C(=O)O)cs1. The van der Waals surface area contributed by atoms with E-state index in [4.69, 9.17) is 0 Å². The van der Waals surface area contributed by atoms with Gasteiger partial charge in [-0.25, -0.2) is 9.78 Å². The molecule has 1 aromatic carbocycles. The zero-order valence-electron chi connectivity index (χ0n) is 10.5. The molecule has 5 heteroatoms. The van der Waals surface area contributed by atoms with E-state index in [2.05, 4.69) is 4.98 Å². The van der Waals surface area contributed by atoms with Crippen LogP contribution in [-0.4, -0.2) is 22.1 Å². The van der Waals surface area contributed by atoms with Crippen molar-refractivity contribution in [3.05, 3.63) is 45.9 Å². The highest BCUT2D eigenvalue weighted by atomic mass is 32.1. The van der Waals surface area contributed by atoms with Crippen LogP contribution in [0.25, 0.3) is 0 Å². The van der Waals surface area contributed by atoms with Crippen molar-refractivity contribution < 1.29 is 9.90 Å². The first kappa shape index (κ1) is 12.2. The predicted molar refractivity (Wildman–Crippen MR) is 74.6 cm³/mol. The molecule has 0 radical (unpaired) electrons. The monoisotopic (exact) mass is 274 g/mol. The maximum absolute atomic E-state index is 11.4. The lowest BCUT2D eigenvalue weighted by atomic mass is 10.1. The van der Waals surface area contributed by atoms with Crippen LogP contribution >= 0.6 is 11.3 Å². The summed E-state index contributed by atoms with van der Waals surface area (Å²) in [5, 5.41) is 12.4. The van der Waals surface area contributed by atoms with E-state index in [0.29, 0.717) is 13.0 Å². The third-order valence-electron chi connectivity index (χ3n) is 3.37. The number of hydrogen-bond donors (Lipinski definition) is 1. The Balaban J connectivity index is 1.93. The molecule has 4 nitrogen and oxygen atoms in total. The maximum atomic E-state index is 11.4. The van der Waals surface area contributed by atoms with Crippen LogP contribution in [0.2, 0.25) is 0 Å². The number of aliphatic carboxylic acids is 1. The molecular formula is C14H14N2O2S. The number of carboxylic acid groups (broad SMARTS) is 1. The number of rotatable bonds is 3. The van der Waals surface area contributed by atoms with Crippen LogP contribution in [0, 0.1) is 6.92 Å². The quantitative estimate of drug-likeness (QED) is 0.934. The van der Waals surface area contributed by atoms with Gasteiger partial charge in [-0.05, 0) is 18.6 Å². The number of carboxylic acids is 1. The van der Waals surface area contributed by atoms with Gasteiger partial charge >= 0.3 is 5.97 Å². The lowest BCUT2D eigenvalue weighted by Gasteiger charge is -2.23. The number of benzene rings is 1. The Morgan fingerprint density at radius 2 is 2.32 bits per heavy atom. The molecule has 0 spiro atoms. The Bertz CT molecular complexity index is 623. The molecule has 0 fully saturated rings. The van der Waals surface area contributed by atoms with E-state index in [0.717, 1.165) is 22.0 Å². The van der Waals surface area contributed by atoms with E-state index < -0.39 is 12.0 Å². The van der Waals surface area contributed by atoms with Crippen LogP contribution in [-0.2, 0) is 17.8 Å². The first-order chi connectivity index (χ1) is 9.15. The molecule has 98 valence electrons. The summed E-state index contributed by atoms with van der Waals surface area (Å²) in [6.07, 6.45) is 0.564. The highest BCUT2D eigenvalue weighted by Crippen LogP contribution is 2.33. The molecule has 1 aromatic heterocycles. The molecule has 0 aliphatic carbocycles. The van der Waals surface area contributed by atoms with E-state index >= 15 is 0 Å². The topological polar surface area (TPSA) is 53.4 Å². The lowest BCUT2D eigenvalue weighted by molar-refractivity contribution is -0.138. The first-order valence-electron chi connectivity index (χ1n) is 6.13. The molecule has 3 rings (SSSR count). The predicted octanol–water partition coefficient (Wildman–Crippen LogP) is 2.47. The van der Waals surface area contributed by atoms with E-state index in [1.807, 2.05) is 41.5 Å². The molecule has 1 unspecified atom stereocenters. The van der Waals surface area contributed by atoms with Crippen LogP contribution in [0.4, 0.5) is 5.69 Å². The van der Waals surface area contributed by atoms with Crippen molar-refractivity contribution in [3.63, 3.8) is 0 Å². The minimum absolute atomic E-state index is 0.487. The number of fused-ring (bicyclic) bond motifs is 1. The molecule has 0 saturated heterocycles. The third-order valence-corrected chi connectivity index (χ3v) is 4.20. The van der Waals surface area contributed by atoms with Gasteiger partial charge in [-0.2, -0.15) is 0 Å². The van der Waals surface area contributed by atoms with Crippen LogP contribution in [0.1, 0.15) is 16.3 Å². The molecule has 1 N–H and O–H groups in total. The van der Waals surface area contributed by atoms with Crippen LogP contribution in [0.5, 0.6) is 0 Å². The second kappa shape index (κ2) is 4.66. The largest absolute Gasteiger partial charge is 0.480 e. The van der Waals surface area contributed by atoms with Crippen LogP contribution in [0.15, 0.2) is 29.6 Å². The lowest BCUT2D eigenvalue weighted by Crippen LogP contribution is -2.38. The Kier molecular flexibility index (Phi) is 2.98. The van der Waals surface area contributed by atoms with Gasteiger partial charge in [0.1, 0.15) is 6.04 Å². The molecule has 2 heterocycles. The highest BCUT2D eigenvalue weighted by Gasteiger charge is 2.34. The molecule has 1 atom stereocenters. The fourth-order valence-corrected chi connectivity index (χ4v) is 3.13. The summed E-state index contributed by atoms with van der Waals surface area (Å²) in [6.45, 7) is 2.51. The first-order valence-corrected chi connectivity index (χ1v) is 7.01. The van der Waals surface area contributed by atoms with Crippen molar-refractivity contribution in [2.45, 2.75) is 25.9 Å². The van der Waals surface area contributed by atoms with Gasteiger partial charge < -0.3 is 10.0 Å². The van der Waals surface area contributed by atoms with Crippen molar-refractivity contribution in [3.8, 4) is 0 Å². The normalized spacial score (nSPS) is 17.5. The minimum atomic E-state index is -0.775. The van der Waals surface area contributed by atoms with Crippen molar-refractivity contribution in [2.24, 2.45) is 0 Å². The van der Waals surface area contributed by atoms with Gasteiger partial charge in [-0.3, -0.25) is 0 Å². The number of hydrogen-bond acceptors (Lipinski definition) is 4. The number of aromatic nitrogens is 1. The molecule has 2 aromatic rings. The molecule has 19 heavy (non-hydrogen) atoms. The van der Waals surface area contributed by atoms with Gasteiger partial charge in [0.25, 0.3) is 0 Å². The summed E-state index contributed by atoms with van der Waals surface area (Å²) in [6, 6.07) is 7.39. The Morgan fingerprint density at radius 3 is 3.00 bits per heavy atom. The Morgan fingerprint density at radius 1 is 1.53 bits per heavy atom. The fourth-order valence-electron chi connectivity index (χ4n) is 2.52. The summed E-state index contributed by atoms with van der Waals surface area (Å²) < 4.78 is 0. The van der Waals surface area contributed by atoms with Crippen molar-refractivity contribution in [1.29, 1.82) is 0 Å². The van der Waals surface area contributed by atoms with Gasteiger partial charge in [-0.15, -0.1) is 11.3 Å². The molecule has 1 aliphatic heterocycles. The number of anilines is 1. The standard InChI is InChI=1S/C14H14N2O2S/c1-9-15-11(8-19-9)7-16-12-5-3-2-4-10(12)6-13(16)14(17)18/h2-5,8,13H,6-7H2,1H3,(H,17,18). The molecule has 1 aliphatic rings. The van der Waals surface area contributed by atoms with Crippen LogP contribution in [0.3, 0.4) is 0 Å². The van der Waals surface area contributed by atoms with Gasteiger partial charge in [-0.1, -0.05) is 18.2 Å². The molecule has 0 saturated carbocycles. The van der Waals surface area contributed by atoms with Crippen molar-refractivity contribution in [1.82, 2.24) is 4.98 Å². The number of thiazole rings is 1. The molecule has 0 bridgehead atoms. The fraction of sp³-hybridized carbons (Fsp3) is 0.286. The van der Waals surface area contributed by atoms with E-state index in [1.165, 1.54) is 0 Å². The van der Waals surface area contributed by atoms with E-state index in [-0.39, 0.29) is 0 Å². The summed E-state index contributed by atoms with van der Waals surface area (Å²) in [7, 11) is 0. The third kappa shape index (κ3) is 2.21. The van der Waals surface area contributed by atoms with Crippen molar-refractivity contribution >= 4 is 23.0 Å². The van der Waals surface area contributed by atoms with Crippen LogP contribution < -0.4 is 4.90 Å². The number of carbonyl (C=O) groups is 1. The number of para-hydroxylation sites is 1. The Hall–Kier alpha value is -1.88. The molecule has 0 amide bonds. The van der Waals surface area contributed by atoms with Gasteiger partial charge in [0.2, 0.25) is 0 Å². The summed E-state index contributed by atoms with van der Waals surface area (Å²) >= 11 is 1.59. The smallest absolute Gasteiger partial charge is 0.326 e. The maximum Gasteiger partial charge on any atom is 0.326 e. The second-order valence-electron chi connectivity index (χ2n) is 4.67. The minimum Gasteiger partial charge on any atom is -0.480 e. The van der Waals surface area contributed by atoms with E-state index in [9.17, 15) is 9.90 Å². The number of nitrogens with zero attached hydrogens (tertiary/aromatic N) is 2. The van der Waals surface area contributed by atoms with Gasteiger partial charge in [0.15, 0.2) is 0 Å². The zero-order valence-corrected chi connectivity index (χ0v) is 11.4. The molecular weight excluding hydrogens is 260 g/mol. The van der Waals surface area contributed by atoms with Crippen molar-refractivity contribution in [2.75, 3.05) is 4.90 Å².